The second-order valence-electron chi connectivity index (χ2n) is 4.68. The molecule has 0 bridgehead atoms. The summed E-state index contributed by atoms with van der Waals surface area (Å²) in [6.07, 6.45) is 3.62. The van der Waals surface area contributed by atoms with Crippen molar-refractivity contribution < 1.29 is 13.2 Å². The van der Waals surface area contributed by atoms with Gasteiger partial charge in [0.2, 0.25) is 16.0 Å². The van der Waals surface area contributed by atoms with Crippen molar-refractivity contribution in [3.63, 3.8) is 0 Å². The molecule has 0 fully saturated rings. The average molecular weight is 316 g/mol. The fourth-order valence-electron chi connectivity index (χ4n) is 1.96. The monoisotopic (exact) mass is 316 g/mol. The summed E-state index contributed by atoms with van der Waals surface area (Å²) >= 11 is 0. The number of hydrogen-bond donors (Lipinski definition) is 1. The van der Waals surface area contributed by atoms with Crippen molar-refractivity contribution in [2.75, 3.05) is 32.1 Å². The predicted octanol–water partition coefficient (Wildman–Crippen LogP) is 1.34. The van der Waals surface area contributed by atoms with Gasteiger partial charge in [-0.15, -0.1) is 0 Å². The van der Waals surface area contributed by atoms with Gasteiger partial charge in [0.05, 0.1) is 19.0 Å². The molecule has 21 heavy (non-hydrogen) atoms. The van der Waals surface area contributed by atoms with Crippen molar-refractivity contribution in [3.05, 3.63) is 12.4 Å². The van der Waals surface area contributed by atoms with Gasteiger partial charge >= 0.3 is 0 Å². The lowest BCUT2D eigenvalue weighted by atomic mass is 10.4. The highest BCUT2D eigenvalue weighted by Gasteiger charge is 2.28. The zero-order chi connectivity index (χ0) is 15.9. The molecule has 0 spiro atoms. The standard InChI is InChI=1S/C13H24N4O3S/c1-5-7-14-13-15-8-12(9-16-13)21(18,19)17(6-2)11(3)10-20-4/h8-9,11H,5-7,10H2,1-4H3,(H,14,15,16). The predicted molar refractivity (Wildman–Crippen MR) is 81.7 cm³/mol. The normalized spacial score (nSPS) is 13.4. The molecule has 0 saturated carbocycles. The van der Waals surface area contributed by atoms with E-state index in [2.05, 4.69) is 15.3 Å². The Labute approximate surface area is 126 Å². The first-order valence-electron chi connectivity index (χ1n) is 7.04. The first-order valence-corrected chi connectivity index (χ1v) is 8.48. The number of methoxy groups -OCH3 is 1. The lowest BCUT2D eigenvalue weighted by Crippen LogP contribution is -2.40. The van der Waals surface area contributed by atoms with Crippen LogP contribution in [-0.4, -0.2) is 55.5 Å². The summed E-state index contributed by atoms with van der Waals surface area (Å²) in [5, 5.41) is 3.01. The minimum absolute atomic E-state index is 0.0920. The smallest absolute Gasteiger partial charge is 0.246 e. The number of rotatable bonds is 9. The lowest BCUT2D eigenvalue weighted by molar-refractivity contribution is 0.142. The van der Waals surface area contributed by atoms with Crippen LogP contribution in [0.2, 0.25) is 0 Å². The molecule has 1 aromatic rings. The summed E-state index contributed by atoms with van der Waals surface area (Å²) in [6.45, 7) is 7.08. The number of nitrogens with one attached hydrogen (secondary N) is 1. The lowest BCUT2D eigenvalue weighted by Gasteiger charge is -2.26. The minimum Gasteiger partial charge on any atom is -0.383 e. The zero-order valence-corrected chi connectivity index (χ0v) is 13.9. The van der Waals surface area contributed by atoms with E-state index in [1.165, 1.54) is 16.7 Å². The molecule has 8 heteroatoms. The maximum Gasteiger partial charge on any atom is 0.246 e. The Morgan fingerprint density at radius 3 is 2.43 bits per heavy atom. The number of aromatic nitrogens is 2. The van der Waals surface area contributed by atoms with Gasteiger partial charge in [0.15, 0.2) is 0 Å². The van der Waals surface area contributed by atoms with Crippen LogP contribution in [0.5, 0.6) is 0 Å². The van der Waals surface area contributed by atoms with Crippen molar-refractivity contribution in [2.24, 2.45) is 0 Å². The quantitative estimate of drug-likeness (QED) is 0.740. The maximum atomic E-state index is 12.6. The molecule has 0 amide bonds. The summed E-state index contributed by atoms with van der Waals surface area (Å²) in [6, 6.07) is -0.247. The Bertz CT molecular complexity index is 519. The molecule has 1 rings (SSSR count). The molecule has 7 nitrogen and oxygen atoms in total. The maximum absolute atomic E-state index is 12.6. The van der Waals surface area contributed by atoms with E-state index in [4.69, 9.17) is 4.74 Å². The second kappa shape index (κ2) is 8.26. The van der Waals surface area contributed by atoms with Gasteiger partial charge in [-0.3, -0.25) is 0 Å². The van der Waals surface area contributed by atoms with Crippen molar-refractivity contribution in [1.29, 1.82) is 0 Å². The third-order valence-corrected chi connectivity index (χ3v) is 5.02. The Balaban J connectivity index is 2.95. The van der Waals surface area contributed by atoms with E-state index in [-0.39, 0.29) is 10.9 Å². The zero-order valence-electron chi connectivity index (χ0n) is 13.0. The van der Waals surface area contributed by atoms with Gasteiger partial charge < -0.3 is 10.1 Å². The molecule has 120 valence electrons. The number of nitrogens with zero attached hydrogens (tertiary/aromatic N) is 3. The summed E-state index contributed by atoms with van der Waals surface area (Å²) in [5.74, 6) is 0.434. The summed E-state index contributed by atoms with van der Waals surface area (Å²) in [4.78, 5) is 8.18. The molecule has 1 atom stereocenters. The van der Waals surface area contributed by atoms with Crippen LogP contribution < -0.4 is 5.32 Å². The van der Waals surface area contributed by atoms with Crippen LogP contribution >= 0.6 is 0 Å². The third-order valence-electron chi connectivity index (χ3n) is 2.98. The molecule has 0 aliphatic rings. The molecule has 0 aromatic carbocycles. The SMILES string of the molecule is CCCNc1ncc(S(=O)(=O)N(CC)C(C)COC)cn1. The number of anilines is 1. The molecule has 0 saturated heterocycles. The first kappa shape index (κ1) is 17.8. The molecule has 1 unspecified atom stereocenters. The van der Waals surface area contributed by atoms with E-state index in [1.54, 1.807) is 14.0 Å². The van der Waals surface area contributed by atoms with Crippen LogP contribution in [0.1, 0.15) is 27.2 Å². The number of sulfonamides is 1. The molecule has 1 heterocycles. The van der Waals surface area contributed by atoms with Gasteiger partial charge in [0, 0.05) is 26.2 Å². The van der Waals surface area contributed by atoms with Gasteiger partial charge in [-0.25, -0.2) is 18.4 Å². The van der Waals surface area contributed by atoms with E-state index in [1.807, 2.05) is 13.8 Å². The van der Waals surface area contributed by atoms with E-state index in [9.17, 15) is 8.42 Å². The highest BCUT2D eigenvalue weighted by molar-refractivity contribution is 7.89. The Kier molecular flexibility index (Phi) is 7.00. The van der Waals surface area contributed by atoms with E-state index in [0.717, 1.165) is 13.0 Å². The molecule has 1 aromatic heterocycles. The van der Waals surface area contributed by atoms with Crippen LogP contribution in [0.15, 0.2) is 17.3 Å². The summed E-state index contributed by atoms with van der Waals surface area (Å²) in [7, 11) is -2.06. The number of hydrogen-bond acceptors (Lipinski definition) is 6. The molecule has 0 radical (unpaired) electrons. The largest absolute Gasteiger partial charge is 0.383 e. The van der Waals surface area contributed by atoms with Crippen molar-refractivity contribution >= 4 is 16.0 Å². The topological polar surface area (TPSA) is 84.4 Å². The highest BCUT2D eigenvalue weighted by Crippen LogP contribution is 2.17. The Morgan fingerprint density at radius 1 is 1.33 bits per heavy atom. The average Bonchev–Trinajstić information content (AvgIpc) is 2.46. The molecular formula is C13H24N4O3S. The summed E-state index contributed by atoms with van der Waals surface area (Å²) in [5.41, 5.74) is 0. The van der Waals surface area contributed by atoms with Crippen molar-refractivity contribution in [1.82, 2.24) is 14.3 Å². The fraction of sp³-hybridized carbons (Fsp3) is 0.692. The Hall–Kier alpha value is -1.25. The van der Waals surface area contributed by atoms with E-state index < -0.39 is 10.0 Å². The van der Waals surface area contributed by atoms with Crippen LogP contribution in [0, 0.1) is 0 Å². The molecule has 0 aliphatic carbocycles. The van der Waals surface area contributed by atoms with Gasteiger partial charge in [-0.1, -0.05) is 13.8 Å². The Morgan fingerprint density at radius 2 is 1.95 bits per heavy atom. The van der Waals surface area contributed by atoms with Crippen LogP contribution in [0.4, 0.5) is 5.95 Å². The number of ether oxygens (including phenoxy) is 1. The van der Waals surface area contributed by atoms with Crippen molar-refractivity contribution in [3.8, 4) is 0 Å². The fourth-order valence-corrected chi connectivity index (χ4v) is 3.47. The van der Waals surface area contributed by atoms with Gasteiger partial charge in [-0.2, -0.15) is 4.31 Å². The molecule has 1 N–H and O–H groups in total. The first-order chi connectivity index (χ1) is 9.97. The summed E-state index contributed by atoms with van der Waals surface area (Å²) < 4.78 is 31.6. The van der Waals surface area contributed by atoms with Crippen LogP contribution in [0.25, 0.3) is 0 Å². The van der Waals surface area contributed by atoms with E-state index >= 15 is 0 Å². The van der Waals surface area contributed by atoms with E-state index in [0.29, 0.717) is 19.1 Å². The van der Waals surface area contributed by atoms with Crippen LogP contribution in [0.3, 0.4) is 0 Å². The van der Waals surface area contributed by atoms with Gasteiger partial charge in [-0.05, 0) is 13.3 Å². The molecular weight excluding hydrogens is 292 g/mol. The minimum atomic E-state index is -3.61. The van der Waals surface area contributed by atoms with Crippen molar-refractivity contribution in [2.45, 2.75) is 38.1 Å². The molecule has 0 aliphatic heterocycles. The van der Waals surface area contributed by atoms with Gasteiger partial charge in [0.25, 0.3) is 0 Å². The highest BCUT2D eigenvalue weighted by atomic mass is 32.2. The number of likely N-dealkylation sites (N-methyl/N-ethyl adjacent to an activating group) is 1. The van der Waals surface area contributed by atoms with Crippen LogP contribution in [-0.2, 0) is 14.8 Å². The van der Waals surface area contributed by atoms with Gasteiger partial charge in [0.1, 0.15) is 4.90 Å². The second-order valence-corrected chi connectivity index (χ2v) is 6.57. The third kappa shape index (κ3) is 4.62.